The molecule has 0 spiro atoms. The van der Waals surface area contributed by atoms with E-state index < -0.39 is 22.3 Å². The molecule has 1 amide bonds. The fourth-order valence-electron chi connectivity index (χ4n) is 1.73. The number of anilines is 1. The lowest BCUT2D eigenvalue weighted by atomic mass is 10.1. The van der Waals surface area contributed by atoms with Crippen LogP contribution in [0.2, 0.25) is 0 Å². The molecule has 0 aliphatic heterocycles. The summed E-state index contributed by atoms with van der Waals surface area (Å²) in [6.45, 7) is 1.87. The molecule has 0 radical (unpaired) electrons. The Bertz CT molecular complexity index is 734. The summed E-state index contributed by atoms with van der Waals surface area (Å²) in [6.07, 6.45) is 0. The molecule has 108 valence electrons. The normalized spacial score (nSPS) is 10.2. The zero-order valence-corrected chi connectivity index (χ0v) is 12.5. The van der Waals surface area contributed by atoms with Crippen molar-refractivity contribution in [2.24, 2.45) is 0 Å². The molecule has 0 aliphatic carbocycles. The van der Waals surface area contributed by atoms with Gasteiger partial charge >= 0.3 is 5.69 Å². The van der Waals surface area contributed by atoms with Crippen LogP contribution in [0.5, 0.6) is 0 Å². The first kappa shape index (κ1) is 15.1. The van der Waals surface area contributed by atoms with Crippen LogP contribution in [0.3, 0.4) is 0 Å². The zero-order valence-electron chi connectivity index (χ0n) is 10.9. The molecular weight excluding hydrogens is 343 g/mol. The summed E-state index contributed by atoms with van der Waals surface area (Å²) >= 11 is 3.35. The second kappa shape index (κ2) is 6.01. The number of halogens is 2. The molecule has 7 heteroatoms. The Morgan fingerprint density at radius 3 is 2.67 bits per heavy atom. The molecule has 5 nitrogen and oxygen atoms in total. The van der Waals surface area contributed by atoms with Crippen molar-refractivity contribution < 1.29 is 14.1 Å². The summed E-state index contributed by atoms with van der Waals surface area (Å²) in [7, 11) is 0. The number of hydrogen-bond acceptors (Lipinski definition) is 3. The van der Waals surface area contributed by atoms with E-state index in [9.17, 15) is 19.3 Å². The van der Waals surface area contributed by atoms with Crippen LogP contribution in [-0.2, 0) is 0 Å². The van der Waals surface area contributed by atoms with E-state index in [4.69, 9.17) is 0 Å². The molecule has 0 aliphatic rings. The van der Waals surface area contributed by atoms with Crippen LogP contribution in [0.4, 0.5) is 15.8 Å². The maximum absolute atomic E-state index is 13.5. The van der Waals surface area contributed by atoms with Gasteiger partial charge < -0.3 is 5.32 Å². The zero-order chi connectivity index (χ0) is 15.6. The number of nitrogens with zero attached hydrogens (tertiary/aromatic N) is 1. The van der Waals surface area contributed by atoms with Crippen molar-refractivity contribution in [1.82, 2.24) is 0 Å². The average Bonchev–Trinajstić information content (AvgIpc) is 2.43. The van der Waals surface area contributed by atoms with E-state index >= 15 is 0 Å². The van der Waals surface area contributed by atoms with E-state index in [0.717, 1.165) is 22.2 Å². The largest absolute Gasteiger partial charge is 0.321 e. The van der Waals surface area contributed by atoms with Gasteiger partial charge in [0, 0.05) is 16.1 Å². The van der Waals surface area contributed by atoms with E-state index in [1.165, 1.54) is 6.07 Å². The van der Waals surface area contributed by atoms with Gasteiger partial charge in [-0.25, -0.2) is 0 Å². The van der Waals surface area contributed by atoms with Crippen LogP contribution in [0.25, 0.3) is 0 Å². The number of nitrogens with one attached hydrogen (secondary N) is 1. The van der Waals surface area contributed by atoms with Gasteiger partial charge in [-0.1, -0.05) is 12.1 Å². The molecule has 2 aromatic rings. The van der Waals surface area contributed by atoms with E-state index in [2.05, 4.69) is 21.2 Å². The van der Waals surface area contributed by atoms with Gasteiger partial charge in [0.2, 0.25) is 5.82 Å². The third-order valence-corrected chi connectivity index (χ3v) is 3.90. The quantitative estimate of drug-likeness (QED) is 0.668. The molecule has 0 unspecified atom stereocenters. The molecule has 0 aromatic heterocycles. The second-order valence-electron chi connectivity index (χ2n) is 4.31. The lowest BCUT2D eigenvalue weighted by Gasteiger charge is -2.09. The van der Waals surface area contributed by atoms with Gasteiger partial charge in [0.05, 0.1) is 10.6 Å². The molecule has 21 heavy (non-hydrogen) atoms. The Morgan fingerprint density at radius 2 is 2.05 bits per heavy atom. The molecule has 0 saturated carbocycles. The fourth-order valence-corrected chi connectivity index (χ4v) is 2.10. The number of hydrogen-bond donors (Lipinski definition) is 1. The van der Waals surface area contributed by atoms with E-state index in [0.29, 0.717) is 5.69 Å². The minimum atomic E-state index is -1.05. The van der Waals surface area contributed by atoms with E-state index in [1.54, 1.807) is 12.1 Å². The molecule has 0 heterocycles. The third-order valence-electron chi connectivity index (χ3n) is 2.85. The topological polar surface area (TPSA) is 72.2 Å². The summed E-state index contributed by atoms with van der Waals surface area (Å²) in [5, 5.41) is 13.2. The first-order valence-corrected chi connectivity index (χ1v) is 6.70. The Hall–Kier alpha value is -2.28. The highest BCUT2D eigenvalue weighted by molar-refractivity contribution is 9.10. The van der Waals surface area contributed by atoms with Gasteiger partial charge in [-0.2, -0.15) is 4.39 Å². The number of rotatable bonds is 3. The van der Waals surface area contributed by atoms with Crippen molar-refractivity contribution in [3.63, 3.8) is 0 Å². The molecule has 0 atom stereocenters. The van der Waals surface area contributed by atoms with Crippen molar-refractivity contribution in [1.29, 1.82) is 0 Å². The second-order valence-corrected chi connectivity index (χ2v) is 5.11. The maximum Gasteiger partial charge on any atom is 0.304 e. The van der Waals surface area contributed by atoms with Crippen molar-refractivity contribution in [3.8, 4) is 0 Å². The maximum atomic E-state index is 13.5. The highest BCUT2D eigenvalue weighted by Crippen LogP contribution is 2.26. The molecule has 0 fully saturated rings. The standard InChI is InChI=1S/C14H10BrFN2O3/c1-8-3-2-4-11(13(8)15)17-14(19)9-5-6-12(18(20)21)10(16)7-9/h2-7H,1H3,(H,17,19). The molecular formula is C14H10BrFN2O3. The first-order valence-electron chi connectivity index (χ1n) is 5.90. The van der Waals surface area contributed by atoms with Crippen LogP contribution in [0, 0.1) is 22.9 Å². The molecule has 2 rings (SSSR count). The summed E-state index contributed by atoms with van der Waals surface area (Å²) in [6, 6.07) is 8.35. The number of carbonyl (C=O) groups is 1. The third kappa shape index (κ3) is 3.25. The highest BCUT2D eigenvalue weighted by Gasteiger charge is 2.17. The van der Waals surface area contributed by atoms with Gasteiger partial charge in [0.25, 0.3) is 5.91 Å². The Balaban J connectivity index is 2.27. The van der Waals surface area contributed by atoms with Gasteiger partial charge in [-0.15, -0.1) is 0 Å². The smallest absolute Gasteiger partial charge is 0.304 e. The lowest BCUT2D eigenvalue weighted by Crippen LogP contribution is -2.13. The number of amides is 1. The Morgan fingerprint density at radius 1 is 1.33 bits per heavy atom. The number of nitro groups is 1. The highest BCUT2D eigenvalue weighted by atomic mass is 79.9. The van der Waals surface area contributed by atoms with E-state index in [-0.39, 0.29) is 5.56 Å². The predicted octanol–water partition coefficient (Wildman–Crippen LogP) is 4.06. The van der Waals surface area contributed by atoms with Crippen molar-refractivity contribution in [2.75, 3.05) is 5.32 Å². The van der Waals surface area contributed by atoms with Crippen LogP contribution < -0.4 is 5.32 Å². The van der Waals surface area contributed by atoms with Gasteiger partial charge in [0.15, 0.2) is 0 Å². The SMILES string of the molecule is Cc1cccc(NC(=O)c2ccc([N+](=O)[O-])c(F)c2)c1Br. The minimum absolute atomic E-state index is 0.00602. The number of nitro benzene ring substituents is 1. The van der Waals surface area contributed by atoms with Crippen molar-refractivity contribution in [2.45, 2.75) is 6.92 Å². The summed E-state index contributed by atoms with van der Waals surface area (Å²) in [5.41, 5.74) is 0.816. The minimum Gasteiger partial charge on any atom is -0.321 e. The predicted molar refractivity (Wildman–Crippen MR) is 79.9 cm³/mol. The van der Waals surface area contributed by atoms with Gasteiger partial charge in [-0.05, 0) is 46.6 Å². The number of aryl methyl sites for hydroxylation is 1. The van der Waals surface area contributed by atoms with E-state index in [1.807, 2.05) is 13.0 Å². The molecule has 0 bridgehead atoms. The fraction of sp³-hybridized carbons (Fsp3) is 0.0714. The Labute approximate surface area is 128 Å². The van der Waals surface area contributed by atoms with Crippen LogP contribution in [0.1, 0.15) is 15.9 Å². The lowest BCUT2D eigenvalue weighted by molar-refractivity contribution is -0.387. The number of benzene rings is 2. The Kier molecular flexibility index (Phi) is 4.32. The molecule has 2 aromatic carbocycles. The van der Waals surface area contributed by atoms with Crippen LogP contribution in [-0.4, -0.2) is 10.8 Å². The van der Waals surface area contributed by atoms with Crippen LogP contribution in [0.15, 0.2) is 40.9 Å². The summed E-state index contributed by atoms with van der Waals surface area (Å²) < 4.78 is 14.2. The first-order chi connectivity index (χ1) is 9.90. The molecule has 0 saturated heterocycles. The van der Waals surface area contributed by atoms with Crippen molar-refractivity contribution in [3.05, 3.63) is 67.9 Å². The monoisotopic (exact) mass is 352 g/mol. The number of carbonyl (C=O) groups excluding carboxylic acids is 1. The average molecular weight is 353 g/mol. The summed E-state index contributed by atoms with van der Waals surface area (Å²) in [5.74, 6) is -1.59. The van der Waals surface area contributed by atoms with Crippen LogP contribution >= 0.6 is 15.9 Å². The van der Waals surface area contributed by atoms with Gasteiger partial charge in [-0.3, -0.25) is 14.9 Å². The molecule has 1 N–H and O–H groups in total. The summed E-state index contributed by atoms with van der Waals surface area (Å²) in [4.78, 5) is 21.7. The van der Waals surface area contributed by atoms with Gasteiger partial charge in [0.1, 0.15) is 0 Å². The van der Waals surface area contributed by atoms with Crippen molar-refractivity contribution >= 4 is 33.2 Å².